The fraction of sp³-hybridized carbons (Fsp3) is 0.0556. The number of hydrogen-bond donors (Lipinski definition) is 2. The van der Waals surface area contributed by atoms with Gasteiger partial charge < -0.3 is 5.11 Å². The number of nitriles is 2. The molecule has 0 fully saturated rings. The first kappa shape index (κ1) is 18.8. The highest BCUT2D eigenvalue weighted by Gasteiger charge is 2.18. The Morgan fingerprint density at radius 3 is 2.35 bits per heavy atom. The third-order valence-electron chi connectivity index (χ3n) is 3.33. The monoisotopic (exact) mass is 410 g/mol. The maximum absolute atomic E-state index is 12.8. The van der Waals surface area contributed by atoms with Gasteiger partial charge in [-0.1, -0.05) is 28.1 Å². The lowest BCUT2D eigenvalue weighted by Gasteiger charge is -2.12. The maximum atomic E-state index is 12.8. The Kier molecular flexibility index (Phi) is 6.20. The average Bonchev–Trinajstić information content (AvgIpc) is 2.63. The SMILES string of the molecule is N#CC(C#N)=NNc1c(CC(=O)O)cccc1C(=O)c1ccc(Br)cc1. The van der Waals surface area contributed by atoms with Crippen molar-refractivity contribution < 1.29 is 14.7 Å². The molecule has 128 valence electrons. The van der Waals surface area contributed by atoms with Crippen LogP contribution in [0.5, 0.6) is 0 Å². The number of hydrazone groups is 1. The van der Waals surface area contributed by atoms with Crippen molar-refractivity contribution in [1.82, 2.24) is 0 Å². The van der Waals surface area contributed by atoms with Crippen molar-refractivity contribution >= 4 is 39.1 Å². The van der Waals surface area contributed by atoms with Gasteiger partial charge in [-0.25, -0.2) is 0 Å². The molecule has 0 radical (unpaired) electrons. The number of halogens is 1. The first-order valence-corrected chi connectivity index (χ1v) is 8.03. The molecule has 0 saturated heterocycles. The van der Waals surface area contributed by atoms with E-state index >= 15 is 0 Å². The highest BCUT2D eigenvalue weighted by atomic mass is 79.9. The molecule has 8 heteroatoms. The molecule has 2 aromatic rings. The highest BCUT2D eigenvalue weighted by molar-refractivity contribution is 9.10. The Bertz CT molecular complexity index is 953. The summed E-state index contributed by atoms with van der Waals surface area (Å²) in [5.74, 6) is -1.44. The fourth-order valence-electron chi connectivity index (χ4n) is 2.18. The van der Waals surface area contributed by atoms with E-state index in [0.717, 1.165) is 4.47 Å². The second kappa shape index (κ2) is 8.56. The van der Waals surface area contributed by atoms with Crippen LogP contribution in [0, 0.1) is 22.7 Å². The van der Waals surface area contributed by atoms with Gasteiger partial charge in [0.15, 0.2) is 5.78 Å². The summed E-state index contributed by atoms with van der Waals surface area (Å²) in [5.41, 5.74) is 3.08. The maximum Gasteiger partial charge on any atom is 0.307 e. The second-order valence-corrected chi connectivity index (χ2v) is 5.96. The van der Waals surface area contributed by atoms with Gasteiger partial charge in [0.1, 0.15) is 12.1 Å². The topological polar surface area (TPSA) is 126 Å². The zero-order chi connectivity index (χ0) is 19.1. The van der Waals surface area contributed by atoms with Crippen LogP contribution in [0.15, 0.2) is 52.0 Å². The van der Waals surface area contributed by atoms with Crippen LogP contribution in [0.1, 0.15) is 21.5 Å². The van der Waals surface area contributed by atoms with E-state index in [1.54, 1.807) is 42.5 Å². The molecule has 0 spiro atoms. The van der Waals surface area contributed by atoms with E-state index in [1.165, 1.54) is 12.1 Å². The van der Waals surface area contributed by atoms with Gasteiger partial charge in [-0.3, -0.25) is 15.0 Å². The number of anilines is 1. The molecule has 2 rings (SSSR count). The first-order valence-electron chi connectivity index (χ1n) is 7.24. The van der Waals surface area contributed by atoms with E-state index < -0.39 is 11.7 Å². The van der Waals surface area contributed by atoms with E-state index in [2.05, 4.69) is 26.5 Å². The number of rotatable bonds is 6. The molecule has 2 aromatic carbocycles. The predicted octanol–water partition coefficient (Wildman–Crippen LogP) is 3.12. The molecule has 0 atom stereocenters. The summed E-state index contributed by atoms with van der Waals surface area (Å²) in [6.45, 7) is 0. The Morgan fingerprint density at radius 1 is 1.12 bits per heavy atom. The number of nitrogens with one attached hydrogen (secondary N) is 1. The smallest absolute Gasteiger partial charge is 0.307 e. The molecule has 0 aliphatic carbocycles. The number of carbonyl (C=O) groups is 2. The van der Waals surface area contributed by atoms with E-state index in [1.807, 2.05) is 0 Å². The number of aliphatic carboxylic acids is 1. The molecular formula is C18H11BrN4O3. The molecule has 0 amide bonds. The first-order chi connectivity index (χ1) is 12.5. The number of benzene rings is 2. The molecule has 0 saturated carbocycles. The Labute approximate surface area is 157 Å². The van der Waals surface area contributed by atoms with Gasteiger partial charge >= 0.3 is 5.97 Å². The number of para-hydroxylation sites is 1. The standard InChI is InChI=1S/C18H11BrN4O3/c19-13-6-4-11(5-7-13)18(26)15-3-1-2-12(8-16(24)25)17(15)23-22-14(9-20)10-21/h1-7,23H,8H2,(H,24,25). The summed E-state index contributed by atoms with van der Waals surface area (Å²) < 4.78 is 0.810. The quantitative estimate of drug-likeness (QED) is 0.427. The van der Waals surface area contributed by atoms with Crippen LogP contribution in [0.3, 0.4) is 0 Å². The van der Waals surface area contributed by atoms with E-state index in [-0.39, 0.29) is 23.5 Å². The zero-order valence-electron chi connectivity index (χ0n) is 13.2. The van der Waals surface area contributed by atoms with Gasteiger partial charge in [0.05, 0.1) is 12.1 Å². The highest BCUT2D eigenvalue weighted by Crippen LogP contribution is 2.25. The minimum Gasteiger partial charge on any atom is -0.481 e. The Hall–Kier alpha value is -3.49. The summed E-state index contributed by atoms with van der Waals surface area (Å²) in [5, 5.41) is 30.3. The van der Waals surface area contributed by atoms with Gasteiger partial charge in [-0.2, -0.15) is 15.6 Å². The number of nitrogens with zero attached hydrogens (tertiary/aromatic N) is 3. The minimum atomic E-state index is -1.09. The number of carboxylic acids is 1. The molecular weight excluding hydrogens is 400 g/mol. The lowest BCUT2D eigenvalue weighted by atomic mass is 9.97. The van der Waals surface area contributed by atoms with Gasteiger partial charge in [0.2, 0.25) is 5.71 Å². The molecule has 0 heterocycles. The molecule has 0 aliphatic rings. The number of hydrogen-bond acceptors (Lipinski definition) is 6. The van der Waals surface area contributed by atoms with Crippen LogP contribution in [0.25, 0.3) is 0 Å². The van der Waals surface area contributed by atoms with Crippen molar-refractivity contribution in [2.75, 3.05) is 5.43 Å². The van der Waals surface area contributed by atoms with Gasteiger partial charge in [0, 0.05) is 15.6 Å². The molecule has 0 unspecified atom stereocenters. The van der Waals surface area contributed by atoms with Crippen LogP contribution in [0.2, 0.25) is 0 Å². The molecule has 0 bridgehead atoms. The molecule has 7 nitrogen and oxygen atoms in total. The number of carbonyl (C=O) groups excluding carboxylic acids is 1. The van der Waals surface area contributed by atoms with Crippen molar-refractivity contribution in [2.45, 2.75) is 6.42 Å². The summed E-state index contributed by atoms with van der Waals surface area (Å²) in [4.78, 5) is 23.9. The summed E-state index contributed by atoms with van der Waals surface area (Å²) in [6.07, 6.45) is -0.353. The van der Waals surface area contributed by atoms with Crippen LogP contribution < -0.4 is 5.43 Å². The second-order valence-electron chi connectivity index (χ2n) is 5.04. The lowest BCUT2D eigenvalue weighted by Crippen LogP contribution is -2.11. The lowest BCUT2D eigenvalue weighted by molar-refractivity contribution is -0.136. The normalized spacial score (nSPS) is 9.50. The van der Waals surface area contributed by atoms with Crippen molar-refractivity contribution in [3.63, 3.8) is 0 Å². The van der Waals surface area contributed by atoms with Gasteiger partial charge in [-0.15, -0.1) is 0 Å². The third-order valence-corrected chi connectivity index (χ3v) is 3.86. The molecule has 0 aromatic heterocycles. The zero-order valence-corrected chi connectivity index (χ0v) is 14.8. The fourth-order valence-corrected chi connectivity index (χ4v) is 2.44. The summed E-state index contributed by atoms with van der Waals surface area (Å²) in [7, 11) is 0. The van der Waals surface area contributed by atoms with Gasteiger partial charge in [0.25, 0.3) is 0 Å². The van der Waals surface area contributed by atoms with Crippen molar-refractivity contribution in [1.29, 1.82) is 10.5 Å². The van der Waals surface area contributed by atoms with E-state index in [9.17, 15) is 9.59 Å². The Morgan fingerprint density at radius 2 is 1.77 bits per heavy atom. The largest absolute Gasteiger partial charge is 0.481 e. The van der Waals surface area contributed by atoms with Crippen LogP contribution in [0.4, 0.5) is 5.69 Å². The van der Waals surface area contributed by atoms with E-state index in [0.29, 0.717) is 11.1 Å². The summed E-state index contributed by atoms with van der Waals surface area (Å²) >= 11 is 3.29. The minimum absolute atomic E-state index is 0.144. The van der Waals surface area contributed by atoms with Gasteiger partial charge in [-0.05, 0) is 35.9 Å². The third kappa shape index (κ3) is 4.53. The van der Waals surface area contributed by atoms with Crippen molar-refractivity contribution in [3.05, 3.63) is 63.6 Å². The van der Waals surface area contributed by atoms with Crippen molar-refractivity contribution in [3.8, 4) is 12.1 Å². The average molecular weight is 411 g/mol. The predicted molar refractivity (Wildman–Crippen MR) is 97.6 cm³/mol. The van der Waals surface area contributed by atoms with E-state index in [4.69, 9.17) is 15.6 Å². The van der Waals surface area contributed by atoms with Crippen LogP contribution in [-0.4, -0.2) is 22.6 Å². The summed E-state index contributed by atoms with van der Waals surface area (Å²) in [6, 6.07) is 14.5. The van der Waals surface area contributed by atoms with Crippen LogP contribution >= 0.6 is 15.9 Å². The number of ketones is 1. The Balaban J connectivity index is 2.54. The molecule has 26 heavy (non-hydrogen) atoms. The molecule has 2 N–H and O–H groups in total. The molecule has 0 aliphatic heterocycles. The number of carboxylic acid groups (broad SMARTS) is 1. The van der Waals surface area contributed by atoms with Crippen LogP contribution in [-0.2, 0) is 11.2 Å². The van der Waals surface area contributed by atoms with Crippen molar-refractivity contribution in [2.24, 2.45) is 5.10 Å².